The van der Waals surface area contributed by atoms with Crippen molar-refractivity contribution in [3.05, 3.63) is 35.9 Å². The van der Waals surface area contributed by atoms with Crippen LogP contribution in [-0.2, 0) is 11.2 Å². The fourth-order valence-electron chi connectivity index (χ4n) is 1.89. The molecular formula is C17H29N3O. The molecule has 4 heteroatoms. The summed E-state index contributed by atoms with van der Waals surface area (Å²) >= 11 is 0. The Labute approximate surface area is 129 Å². The number of nitrogens with one attached hydrogen (secondary N) is 2. The highest BCUT2D eigenvalue weighted by Gasteiger charge is 1.98. The molecule has 0 unspecified atom stereocenters. The van der Waals surface area contributed by atoms with Crippen LogP contribution in [0, 0.1) is 5.92 Å². The zero-order valence-electron chi connectivity index (χ0n) is 13.6. The number of hydrogen-bond acceptors (Lipinski definition) is 2. The SMILES string of the molecule is CN=C(NCCCOCC(C)C)NCCc1ccccc1. The van der Waals surface area contributed by atoms with Crippen LogP contribution in [0.1, 0.15) is 25.8 Å². The van der Waals surface area contributed by atoms with E-state index in [4.69, 9.17) is 4.74 Å². The smallest absolute Gasteiger partial charge is 0.190 e. The maximum Gasteiger partial charge on any atom is 0.190 e. The minimum absolute atomic E-state index is 0.602. The first-order chi connectivity index (χ1) is 10.2. The summed E-state index contributed by atoms with van der Waals surface area (Å²) in [7, 11) is 1.80. The van der Waals surface area contributed by atoms with E-state index < -0.39 is 0 Å². The molecule has 0 aliphatic heterocycles. The van der Waals surface area contributed by atoms with Crippen molar-refractivity contribution in [2.45, 2.75) is 26.7 Å². The first-order valence-corrected chi connectivity index (χ1v) is 7.78. The Morgan fingerprint density at radius 2 is 1.86 bits per heavy atom. The van der Waals surface area contributed by atoms with Gasteiger partial charge in [0.1, 0.15) is 0 Å². The summed E-state index contributed by atoms with van der Waals surface area (Å²) in [4.78, 5) is 4.22. The van der Waals surface area contributed by atoms with Crippen molar-refractivity contribution in [2.75, 3.05) is 33.4 Å². The molecule has 0 heterocycles. The van der Waals surface area contributed by atoms with E-state index in [0.717, 1.165) is 45.1 Å². The molecule has 0 amide bonds. The Morgan fingerprint density at radius 1 is 1.14 bits per heavy atom. The molecule has 118 valence electrons. The average molecular weight is 291 g/mol. The normalized spacial score (nSPS) is 11.7. The van der Waals surface area contributed by atoms with Crippen molar-refractivity contribution in [3.8, 4) is 0 Å². The quantitative estimate of drug-likeness (QED) is 0.417. The molecule has 0 atom stereocenters. The van der Waals surface area contributed by atoms with Gasteiger partial charge in [-0.05, 0) is 24.3 Å². The van der Waals surface area contributed by atoms with E-state index in [2.05, 4.69) is 53.7 Å². The molecule has 0 saturated carbocycles. The zero-order chi connectivity index (χ0) is 15.3. The van der Waals surface area contributed by atoms with Gasteiger partial charge in [0.05, 0.1) is 0 Å². The van der Waals surface area contributed by atoms with Gasteiger partial charge in [0.25, 0.3) is 0 Å². The van der Waals surface area contributed by atoms with E-state index in [1.807, 2.05) is 6.07 Å². The third kappa shape index (κ3) is 9.08. The van der Waals surface area contributed by atoms with Crippen molar-refractivity contribution in [3.63, 3.8) is 0 Å². The second-order valence-corrected chi connectivity index (χ2v) is 5.48. The second kappa shape index (κ2) is 11.1. The molecule has 2 N–H and O–H groups in total. The predicted octanol–water partition coefficient (Wildman–Crippen LogP) is 2.46. The summed E-state index contributed by atoms with van der Waals surface area (Å²) in [6.07, 6.45) is 1.99. The Kier molecular flexibility index (Phi) is 9.29. The predicted molar refractivity (Wildman–Crippen MR) is 89.8 cm³/mol. The van der Waals surface area contributed by atoms with Crippen LogP contribution >= 0.6 is 0 Å². The van der Waals surface area contributed by atoms with Crippen LogP contribution in [0.5, 0.6) is 0 Å². The van der Waals surface area contributed by atoms with Gasteiger partial charge in [-0.15, -0.1) is 0 Å². The van der Waals surface area contributed by atoms with E-state index in [1.54, 1.807) is 7.05 Å². The van der Waals surface area contributed by atoms with Gasteiger partial charge >= 0.3 is 0 Å². The number of hydrogen-bond donors (Lipinski definition) is 2. The minimum Gasteiger partial charge on any atom is -0.381 e. The van der Waals surface area contributed by atoms with Gasteiger partial charge in [-0.2, -0.15) is 0 Å². The molecule has 1 rings (SSSR count). The second-order valence-electron chi connectivity index (χ2n) is 5.48. The molecule has 1 aromatic carbocycles. The van der Waals surface area contributed by atoms with E-state index in [0.29, 0.717) is 5.92 Å². The van der Waals surface area contributed by atoms with Crippen molar-refractivity contribution in [1.29, 1.82) is 0 Å². The number of aliphatic imine (C=N–C) groups is 1. The molecule has 4 nitrogen and oxygen atoms in total. The lowest BCUT2D eigenvalue weighted by molar-refractivity contribution is 0.108. The third-order valence-electron chi connectivity index (χ3n) is 2.98. The molecule has 0 radical (unpaired) electrons. The van der Waals surface area contributed by atoms with Crippen LogP contribution in [0.4, 0.5) is 0 Å². The number of guanidine groups is 1. The fourth-order valence-corrected chi connectivity index (χ4v) is 1.89. The summed E-state index contributed by atoms with van der Waals surface area (Å²) in [5, 5.41) is 6.63. The highest BCUT2D eigenvalue weighted by atomic mass is 16.5. The van der Waals surface area contributed by atoms with Crippen molar-refractivity contribution < 1.29 is 4.74 Å². The van der Waals surface area contributed by atoms with Gasteiger partial charge in [-0.25, -0.2) is 0 Å². The average Bonchev–Trinajstić information content (AvgIpc) is 2.49. The lowest BCUT2D eigenvalue weighted by atomic mass is 10.1. The Morgan fingerprint density at radius 3 is 2.52 bits per heavy atom. The molecule has 0 saturated heterocycles. The Hall–Kier alpha value is -1.55. The fraction of sp³-hybridized carbons (Fsp3) is 0.588. The molecule has 0 spiro atoms. The van der Waals surface area contributed by atoms with Gasteiger partial charge in [0.15, 0.2) is 5.96 Å². The molecule has 0 aliphatic carbocycles. The maximum absolute atomic E-state index is 5.55. The molecular weight excluding hydrogens is 262 g/mol. The van der Waals surface area contributed by atoms with Crippen LogP contribution in [0.3, 0.4) is 0 Å². The monoisotopic (exact) mass is 291 g/mol. The summed E-state index contributed by atoms with van der Waals surface area (Å²) in [5.41, 5.74) is 1.34. The third-order valence-corrected chi connectivity index (χ3v) is 2.98. The Bertz CT molecular complexity index is 390. The van der Waals surface area contributed by atoms with E-state index in [-0.39, 0.29) is 0 Å². The van der Waals surface area contributed by atoms with Crippen molar-refractivity contribution in [2.24, 2.45) is 10.9 Å². The topological polar surface area (TPSA) is 45.7 Å². The highest BCUT2D eigenvalue weighted by Crippen LogP contribution is 1.98. The summed E-state index contributed by atoms with van der Waals surface area (Å²) < 4.78 is 5.55. The molecule has 0 fully saturated rings. The van der Waals surface area contributed by atoms with Gasteiger partial charge in [-0.1, -0.05) is 44.2 Å². The van der Waals surface area contributed by atoms with Crippen LogP contribution in [0.25, 0.3) is 0 Å². The van der Waals surface area contributed by atoms with E-state index in [1.165, 1.54) is 5.56 Å². The summed E-state index contributed by atoms with van der Waals surface area (Å²) in [6, 6.07) is 10.5. The van der Waals surface area contributed by atoms with Crippen molar-refractivity contribution >= 4 is 5.96 Å². The number of benzene rings is 1. The lowest BCUT2D eigenvalue weighted by Gasteiger charge is -2.12. The standard InChI is InChI=1S/C17H29N3O/c1-15(2)14-21-13-7-11-19-17(18-3)20-12-10-16-8-5-4-6-9-16/h4-6,8-9,15H,7,10-14H2,1-3H3,(H2,18,19,20). The van der Waals surface area contributed by atoms with Gasteiger partial charge in [0, 0.05) is 33.4 Å². The number of rotatable bonds is 9. The molecule has 1 aromatic rings. The van der Waals surface area contributed by atoms with Crippen LogP contribution < -0.4 is 10.6 Å². The summed E-state index contributed by atoms with van der Waals surface area (Å²) in [5.74, 6) is 1.46. The molecule has 21 heavy (non-hydrogen) atoms. The van der Waals surface area contributed by atoms with Gasteiger partial charge in [-0.3, -0.25) is 4.99 Å². The first kappa shape index (κ1) is 17.5. The number of ether oxygens (including phenoxy) is 1. The molecule has 0 bridgehead atoms. The first-order valence-electron chi connectivity index (χ1n) is 7.78. The largest absolute Gasteiger partial charge is 0.381 e. The number of nitrogens with zero attached hydrogens (tertiary/aromatic N) is 1. The van der Waals surface area contributed by atoms with Gasteiger partial charge < -0.3 is 15.4 Å². The molecule has 0 aromatic heterocycles. The van der Waals surface area contributed by atoms with Crippen LogP contribution in [-0.4, -0.2) is 39.3 Å². The van der Waals surface area contributed by atoms with Crippen LogP contribution in [0.2, 0.25) is 0 Å². The minimum atomic E-state index is 0.602. The Balaban J connectivity index is 2.07. The maximum atomic E-state index is 5.55. The molecule has 0 aliphatic rings. The van der Waals surface area contributed by atoms with E-state index in [9.17, 15) is 0 Å². The van der Waals surface area contributed by atoms with Crippen molar-refractivity contribution in [1.82, 2.24) is 10.6 Å². The lowest BCUT2D eigenvalue weighted by Crippen LogP contribution is -2.39. The van der Waals surface area contributed by atoms with Crippen LogP contribution in [0.15, 0.2) is 35.3 Å². The van der Waals surface area contributed by atoms with Gasteiger partial charge in [0.2, 0.25) is 0 Å². The zero-order valence-corrected chi connectivity index (χ0v) is 13.6. The highest BCUT2D eigenvalue weighted by molar-refractivity contribution is 5.79. The van der Waals surface area contributed by atoms with E-state index >= 15 is 0 Å². The summed E-state index contributed by atoms with van der Waals surface area (Å²) in [6.45, 7) is 7.72.